The first-order valence-corrected chi connectivity index (χ1v) is 8.57. The number of aryl methyl sites for hydroxylation is 1. The van der Waals surface area contributed by atoms with Crippen molar-refractivity contribution >= 4 is 5.91 Å². The summed E-state index contributed by atoms with van der Waals surface area (Å²) in [6.07, 6.45) is 8.75. The number of hydrogen-bond donors (Lipinski definition) is 1. The molecule has 1 fully saturated rings. The van der Waals surface area contributed by atoms with Gasteiger partial charge in [0.1, 0.15) is 0 Å². The van der Waals surface area contributed by atoms with E-state index in [-0.39, 0.29) is 11.9 Å². The molecule has 0 saturated carbocycles. The Bertz CT molecular complexity index is 607. The Morgan fingerprint density at radius 1 is 1.29 bits per heavy atom. The normalized spacial score (nSPS) is 18.1. The molecular formula is C17H24N6O. The molecule has 3 rings (SSSR count). The molecule has 1 amide bonds. The molecule has 0 bridgehead atoms. The number of aromatic nitrogens is 4. The van der Waals surface area contributed by atoms with Crippen LogP contribution in [0.3, 0.4) is 0 Å². The average molecular weight is 328 g/mol. The Kier molecular flexibility index (Phi) is 5.90. The van der Waals surface area contributed by atoms with Gasteiger partial charge in [-0.05, 0) is 44.5 Å². The van der Waals surface area contributed by atoms with Gasteiger partial charge in [-0.25, -0.2) is 0 Å². The number of amides is 1. The van der Waals surface area contributed by atoms with Crippen molar-refractivity contribution in [2.45, 2.75) is 44.8 Å². The molecule has 0 radical (unpaired) electrons. The fraction of sp³-hybridized carbons (Fsp3) is 0.529. The maximum atomic E-state index is 12.9. The van der Waals surface area contributed by atoms with Crippen LogP contribution in [-0.4, -0.2) is 49.9 Å². The smallest absolute Gasteiger partial charge is 0.225 e. The molecule has 1 unspecified atom stereocenters. The second-order valence-corrected chi connectivity index (χ2v) is 6.09. The van der Waals surface area contributed by atoms with E-state index in [1.165, 1.54) is 0 Å². The summed E-state index contributed by atoms with van der Waals surface area (Å²) in [6, 6.07) is 6.11. The number of carbonyl (C=O) groups is 1. The fourth-order valence-electron chi connectivity index (χ4n) is 3.11. The van der Waals surface area contributed by atoms with Gasteiger partial charge in [0.15, 0.2) is 0 Å². The Balaban J connectivity index is 1.68. The van der Waals surface area contributed by atoms with Gasteiger partial charge < -0.3 is 10.2 Å². The predicted octanol–water partition coefficient (Wildman–Crippen LogP) is 1.23. The molecule has 0 spiro atoms. The third-order valence-corrected chi connectivity index (χ3v) is 4.39. The molecule has 24 heavy (non-hydrogen) atoms. The van der Waals surface area contributed by atoms with Crippen molar-refractivity contribution in [3.05, 3.63) is 42.5 Å². The van der Waals surface area contributed by atoms with Crippen LogP contribution in [0, 0.1) is 0 Å². The quantitative estimate of drug-likeness (QED) is 0.863. The van der Waals surface area contributed by atoms with E-state index in [2.05, 4.69) is 20.6 Å². The van der Waals surface area contributed by atoms with Crippen LogP contribution in [0.5, 0.6) is 0 Å². The lowest BCUT2D eigenvalue weighted by atomic mass is 10.1. The number of nitrogens with zero attached hydrogens (tertiary/aromatic N) is 5. The standard InChI is InChI=1S/C17H24N6O/c24-17(7-12-22-13-11-20-21-22)23(14-15-4-1-2-9-19-15)16-5-3-8-18-10-6-16/h1-2,4,9,11,13,16,18H,3,5-8,10,12,14H2. The summed E-state index contributed by atoms with van der Waals surface area (Å²) in [5, 5.41) is 11.1. The van der Waals surface area contributed by atoms with Crippen LogP contribution in [-0.2, 0) is 17.9 Å². The predicted molar refractivity (Wildman–Crippen MR) is 89.9 cm³/mol. The molecule has 1 aliphatic heterocycles. The van der Waals surface area contributed by atoms with Gasteiger partial charge in [-0.2, -0.15) is 0 Å². The maximum absolute atomic E-state index is 12.9. The summed E-state index contributed by atoms with van der Waals surface area (Å²) >= 11 is 0. The highest BCUT2D eigenvalue weighted by Crippen LogP contribution is 2.17. The number of rotatable bonds is 6. The minimum absolute atomic E-state index is 0.156. The van der Waals surface area contributed by atoms with Crippen LogP contribution < -0.4 is 5.32 Å². The topological polar surface area (TPSA) is 75.9 Å². The van der Waals surface area contributed by atoms with Crippen molar-refractivity contribution in [2.75, 3.05) is 13.1 Å². The van der Waals surface area contributed by atoms with Gasteiger partial charge in [-0.15, -0.1) is 5.10 Å². The Morgan fingerprint density at radius 2 is 2.25 bits per heavy atom. The molecule has 128 valence electrons. The van der Waals surface area contributed by atoms with E-state index in [1.807, 2.05) is 23.1 Å². The van der Waals surface area contributed by atoms with Crippen LogP contribution in [0.15, 0.2) is 36.8 Å². The first-order chi connectivity index (χ1) is 11.8. The molecule has 0 aromatic carbocycles. The van der Waals surface area contributed by atoms with Gasteiger partial charge in [0, 0.05) is 24.9 Å². The van der Waals surface area contributed by atoms with Crippen LogP contribution >= 0.6 is 0 Å². The minimum Gasteiger partial charge on any atom is -0.334 e. The summed E-state index contributed by atoms with van der Waals surface area (Å²) in [7, 11) is 0. The highest BCUT2D eigenvalue weighted by molar-refractivity contribution is 5.76. The zero-order valence-corrected chi connectivity index (χ0v) is 13.8. The zero-order valence-electron chi connectivity index (χ0n) is 13.8. The molecular weight excluding hydrogens is 304 g/mol. The zero-order chi connectivity index (χ0) is 16.6. The lowest BCUT2D eigenvalue weighted by Gasteiger charge is -2.31. The third-order valence-electron chi connectivity index (χ3n) is 4.39. The van der Waals surface area contributed by atoms with Crippen LogP contribution in [0.1, 0.15) is 31.4 Å². The van der Waals surface area contributed by atoms with E-state index >= 15 is 0 Å². The average Bonchev–Trinajstić information content (AvgIpc) is 3.00. The molecule has 1 N–H and O–H groups in total. The number of nitrogens with one attached hydrogen (secondary N) is 1. The molecule has 1 aliphatic rings. The maximum Gasteiger partial charge on any atom is 0.225 e. The first kappa shape index (κ1) is 16.6. The molecule has 0 aliphatic carbocycles. The highest BCUT2D eigenvalue weighted by atomic mass is 16.2. The fourth-order valence-corrected chi connectivity index (χ4v) is 3.11. The van der Waals surface area contributed by atoms with E-state index in [1.54, 1.807) is 23.3 Å². The van der Waals surface area contributed by atoms with Crippen molar-refractivity contribution < 1.29 is 4.79 Å². The van der Waals surface area contributed by atoms with E-state index in [9.17, 15) is 4.79 Å². The lowest BCUT2D eigenvalue weighted by molar-refractivity contribution is -0.134. The van der Waals surface area contributed by atoms with Crippen LogP contribution in [0.2, 0.25) is 0 Å². The van der Waals surface area contributed by atoms with E-state index in [4.69, 9.17) is 0 Å². The largest absolute Gasteiger partial charge is 0.334 e. The summed E-state index contributed by atoms with van der Waals surface area (Å²) in [6.45, 7) is 3.12. The number of pyridine rings is 1. The van der Waals surface area contributed by atoms with Crippen molar-refractivity contribution in [2.24, 2.45) is 0 Å². The Hall–Kier alpha value is -2.28. The first-order valence-electron chi connectivity index (χ1n) is 8.57. The molecule has 2 aromatic rings. The van der Waals surface area contributed by atoms with Gasteiger partial charge >= 0.3 is 0 Å². The highest BCUT2D eigenvalue weighted by Gasteiger charge is 2.24. The van der Waals surface area contributed by atoms with E-state index in [0.717, 1.165) is 38.0 Å². The summed E-state index contributed by atoms with van der Waals surface area (Å²) in [4.78, 5) is 19.3. The van der Waals surface area contributed by atoms with Crippen molar-refractivity contribution in [1.82, 2.24) is 30.2 Å². The van der Waals surface area contributed by atoms with E-state index < -0.39 is 0 Å². The van der Waals surface area contributed by atoms with Gasteiger partial charge in [0.25, 0.3) is 0 Å². The molecule has 3 heterocycles. The minimum atomic E-state index is 0.156. The molecule has 7 nitrogen and oxygen atoms in total. The van der Waals surface area contributed by atoms with Crippen LogP contribution in [0.4, 0.5) is 0 Å². The molecule has 7 heteroatoms. The molecule has 1 saturated heterocycles. The summed E-state index contributed by atoms with van der Waals surface area (Å²) < 4.78 is 1.70. The Morgan fingerprint density at radius 3 is 3.04 bits per heavy atom. The van der Waals surface area contributed by atoms with Gasteiger partial charge in [0.05, 0.1) is 25.0 Å². The summed E-state index contributed by atoms with van der Waals surface area (Å²) in [5.41, 5.74) is 0.934. The Labute approximate surface area is 142 Å². The van der Waals surface area contributed by atoms with Gasteiger partial charge in [-0.3, -0.25) is 14.5 Å². The van der Waals surface area contributed by atoms with Gasteiger partial charge in [0.2, 0.25) is 5.91 Å². The third kappa shape index (κ3) is 4.61. The van der Waals surface area contributed by atoms with Gasteiger partial charge in [-0.1, -0.05) is 11.3 Å². The monoisotopic (exact) mass is 328 g/mol. The van der Waals surface area contributed by atoms with Crippen LogP contribution in [0.25, 0.3) is 0 Å². The van der Waals surface area contributed by atoms with E-state index in [0.29, 0.717) is 19.5 Å². The summed E-state index contributed by atoms with van der Waals surface area (Å²) in [5.74, 6) is 0.156. The molecule has 1 atom stereocenters. The lowest BCUT2D eigenvalue weighted by Crippen LogP contribution is -2.41. The number of hydrogen-bond acceptors (Lipinski definition) is 5. The van der Waals surface area contributed by atoms with Crippen molar-refractivity contribution in [3.63, 3.8) is 0 Å². The molecule has 2 aromatic heterocycles. The second kappa shape index (κ2) is 8.54. The van der Waals surface area contributed by atoms with Crippen molar-refractivity contribution in [1.29, 1.82) is 0 Å². The SMILES string of the molecule is O=C(CCn1ccnn1)N(Cc1ccccn1)C1CCCNCC1. The number of carbonyl (C=O) groups excluding carboxylic acids is 1. The second-order valence-electron chi connectivity index (χ2n) is 6.09. The van der Waals surface area contributed by atoms with Crippen molar-refractivity contribution in [3.8, 4) is 0 Å².